The molecule has 2 aromatic heterocycles. The van der Waals surface area contributed by atoms with E-state index in [4.69, 9.17) is 0 Å². The molecule has 1 amide bonds. The zero-order valence-corrected chi connectivity index (χ0v) is 14.7. The van der Waals surface area contributed by atoms with Gasteiger partial charge in [0, 0.05) is 32.4 Å². The third-order valence-electron chi connectivity index (χ3n) is 5.92. The number of carbonyl (C=O) groups is 1. The topological polar surface area (TPSA) is 85.3 Å². The van der Waals surface area contributed by atoms with Crippen LogP contribution in [0, 0.1) is 11.8 Å². The van der Waals surface area contributed by atoms with Crippen LogP contribution in [0.5, 0.6) is 0 Å². The van der Waals surface area contributed by atoms with E-state index < -0.39 is 6.10 Å². The zero-order valence-electron chi connectivity index (χ0n) is 14.7. The van der Waals surface area contributed by atoms with Gasteiger partial charge in [-0.1, -0.05) is 6.92 Å². The van der Waals surface area contributed by atoms with Crippen LogP contribution in [0.3, 0.4) is 0 Å². The molecule has 2 aliphatic rings. The number of aliphatic hydroxyl groups excluding tert-OH is 1. The maximum Gasteiger partial charge on any atom is 0.251 e. The number of fused-ring (bicyclic) bond motifs is 2. The minimum atomic E-state index is -0.847. The van der Waals surface area contributed by atoms with Gasteiger partial charge in [0.05, 0.1) is 5.39 Å². The fourth-order valence-electron chi connectivity index (χ4n) is 4.46. The second kappa shape index (κ2) is 6.29. The molecule has 7 nitrogen and oxygen atoms in total. The number of aromatic nitrogens is 3. The predicted molar refractivity (Wildman–Crippen MR) is 95.2 cm³/mol. The Labute approximate surface area is 147 Å². The molecule has 2 fully saturated rings. The number of amides is 1. The second-order valence-corrected chi connectivity index (χ2v) is 7.36. The van der Waals surface area contributed by atoms with Crippen molar-refractivity contribution in [2.24, 2.45) is 11.8 Å². The molecular formula is C18H25N5O2. The normalized spacial score (nSPS) is 26.8. The van der Waals surface area contributed by atoms with Gasteiger partial charge in [-0.2, -0.15) is 0 Å². The van der Waals surface area contributed by atoms with Crippen molar-refractivity contribution in [1.82, 2.24) is 19.9 Å². The highest BCUT2D eigenvalue weighted by molar-refractivity contribution is 5.87. The van der Waals surface area contributed by atoms with Crippen LogP contribution in [0.15, 0.2) is 18.6 Å². The Morgan fingerprint density at radius 3 is 2.80 bits per heavy atom. The molecule has 4 rings (SSSR count). The maximum absolute atomic E-state index is 12.2. The monoisotopic (exact) mass is 343 g/mol. The lowest BCUT2D eigenvalue weighted by molar-refractivity contribution is -0.139. The molecule has 0 bridgehead atoms. The molecule has 134 valence electrons. The smallest absolute Gasteiger partial charge is 0.251 e. The SMILES string of the molecule is CCC(O)C(=O)N1CC2CC(N(C)c3ncnc4[nH]ccc34)C[C@@H]2C1. The van der Waals surface area contributed by atoms with E-state index in [-0.39, 0.29) is 5.91 Å². The van der Waals surface area contributed by atoms with E-state index in [0.29, 0.717) is 24.3 Å². The standard InChI is InChI=1S/C18H25N5O2/c1-3-15(24)18(25)23-8-11-6-13(7-12(11)9-23)22(2)17-14-4-5-19-16(14)20-10-21-17/h4-5,10-13,15,24H,3,6-9H2,1-2H3,(H,19,20,21)/t11-,12?,13?,15?/m1/s1. The molecular weight excluding hydrogens is 318 g/mol. The molecule has 2 N–H and O–H groups in total. The van der Waals surface area contributed by atoms with Gasteiger partial charge < -0.3 is 19.9 Å². The Hall–Kier alpha value is -2.15. The highest BCUT2D eigenvalue weighted by Gasteiger charge is 2.44. The van der Waals surface area contributed by atoms with Gasteiger partial charge in [0.25, 0.3) is 5.91 Å². The van der Waals surface area contributed by atoms with Gasteiger partial charge in [0.2, 0.25) is 0 Å². The Morgan fingerprint density at radius 2 is 2.12 bits per heavy atom. The van der Waals surface area contributed by atoms with Crippen molar-refractivity contribution >= 4 is 22.8 Å². The van der Waals surface area contributed by atoms with Crippen molar-refractivity contribution in [1.29, 1.82) is 0 Å². The van der Waals surface area contributed by atoms with E-state index in [0.717, 1.165) is 42.8 Å². The summed E-state index contributed by atoms with van der Waals surface area (Å²) in [6.45, 7) is 3.39. The zero-order chi connectivity index (χ0) is 17.6. The highest BCUT2D eigenvalue weighted by atomic mass is 16.3. The van der Waals surface area contributed by atoms with Gasteiger partial charge in [0.15, 0.2) is 0 Å². The molecule has 3 heterocycles. The molecule has 4 atom stereocenters. The summed E-state index contributed by atoms with van der Waals surface area (Å²) in [7, 11) is 2.10. The molecule has 1 aliphatic carbocycles. The van der Waals surface area contributed by atoms with Crippen molar-refractivity contribution in [3.63, 3.8) is 0 Å². The molecule has 3 unspecified atom stereocenters. The van der Waals surface area contributed by atoms with Gasteiger partial charge in [-0.15, -0.1) is 0 Å². The molecule has 1 saturated heterocycles. The Bertz CT molecular complexity index is 762. The summed E-state index contributed by atoms with van der Waals surface area (Å²) >= 11 is 0. The van der Waals surface area contributed by atoms with Gasteiger partial charge in [-0.3, -0.25) is 4.79 Å². The molecule has 0 spiro atoms. The van der Waals surface area contributed by atoms with Crippen molar-refractivity contribution in [3.05, 3.63) is 18.6 Å². The Morgan fingerprint density at radius 1 is 1.40 bits per heavy atom. The van der Waals surface area contributed by atoms with Crippen LogP contribution in [-0.2, 0) is 4.79 Å². The summed E-state index contributed by atoms with van der Waals surface area (Å²) in [6, 6.07) is 2.44. The number of nitrogens with one attached hydrogen (secondary N) is 1. The fourth-order valence-corrected chi connectivity index (χ4v) is 4.46. The Balaban J connectivity index is 1.45. The number of anilines is 1. The number of hydrogen-bond acceptors (Lipinski definition) is 5. The average Bonchev–Trinajstić information content (AvgIpc) is 3.32. The second-order valence-electron chi connectivity index (χ2n) is 7.36. The van der Waals surface area contributed by atoms with E-state index >= 15 is 0 Å². The first-order valence-corrected chi connectivity index (χ1v) is 9.06. The largest absolute Gasteiger partial charge is 0.383 e. The number of H-pyrrole nitrogens is 1. The predicted octanol–water partition coefficient (Wildman–Crippen LogP) is 1.40. The van der Waals surface area contributed by atoms with Crippen LogP contribution in [0.25, 0.3) is 11.0 Å². The summed E-state index contributed by atoms with van der Waals surface area (Å²) in [5.74, 6) is 1.89. The lowest BCUT2D eigenvalue weighted by Crippen LogP contribution is -2.39. The molecule has 2 aromatic rings. The quantitative estimate of drug-likeness (QED) is 0.876. The average molecular weight is 343 g/mol. The summed E-state index contributed by atoms with van der Waals surface area (Å²) in [5.41, 5.74) is 0.861. The number of likely N-dealkylation sites (tertiary alicyclic amines) is 1. The minimum absolute atomic E-state index is 0.105. The summed E-state index contributed by atoms with van der Waals surface area (Å²) in [4.78, 5) is 28.2. The van der Waals surface area contributed by atoms with E-state index in [1.165, 1.54) is 0 Å². The molecule has 0 aromatic carbocycles. The molecule has 0 radical (unpaired) electrons. The van der Waals surface area contributed by atoms with Crippen LogP contribution in [0.2, 0.25) is 0 Å². The summed E-state index contributed by atoms with van der Waals surface area (Å²) in [5, 5.41) is 10.8. The van der Waals surface area contributed by atoms with E-state index in [1.807, 2.05) is 24.1 Å². The fraction of sp³-hybridized carbons (Fsp3) is 0.611. The van der Waals surface area contributed by atoms with Crippen LogP contribution in [-0.4, -0.2) is 63.1 Å². The lowest BCUT2D eigenvalue weighted by Gasteiger charge is -2.28. The van der Waals surface area contributed by atoms with Gasteiger partial charge >= 0.3 is 0 Å². The van der Waals surface area contributed by atoms with Crippen molar-refractivity contribution in [2.45, 2.75) is 38.3 Å². The van der Waals surface area contributed by atoms with Crippen molar-refractivity contribution in [2.75, 3.05) is 25.0 Å². The van der Waals surface area contributed by atoms with Gasteiger partial charge in [-0.25, -0.2) is 9.97 Å². The van der Waals surface area contributed by atoms with Gasteiger partial charge in [0.1, 0.15) is 23.9 Å². The Kier molecular flexibility index (Phi) is 4.11. The number of aromatic amines is 1. The van der Waals surface area contributed by atoms with Gasteiger partial charge in [-0.05, 0) is 37.2 Å². The molecule has 1 saturated carbocycles. The maximum atomic E-state index is 12.2. The molecule has 25 heavy (non-hydrogen) atoms. The van der Waals surface area contributed by atoms with Crippen LogP contribution < -0.4 is 4.90 Å². The lowest BCUT2D eigenvalue weighted by atomic mass is 10.0. The van der Waals surface area contributed by atoms with Crippen molar-refractivity contribution < 1.29 is 9.90 Å². The highest BCUT2D eigenvalue weighted by Crippen LogP contribution is 2.41. The van der Waals surface area contributed by atoms with Crippen LogP contribution in [0.1, 0.15) is 26.2 Å². The van der Waals surface area contributed by atoms with Crippen molar-refractivity contribution in [3.8, 4) is 0 Å². The first-order chi connectivity index (χ1) is 12.1. The minimum Gasteiger partial charge on any atom is -0.383 e. The number of carbonyl (C=O) groups excluding carboxylic acids is 1. The third kappa shape index (κ3) is 2.76. The summed E-state index contributed by atoms with van der Waals surface area (Å²) < 4.78 is 0. The first kappa shape index (κ1) is 16.3. The number of aliphatic hydroxyl groups is 1. The molecule has 7 heteroatoms. The van der Waals surface area contributed by atoms with Crippen LogP contribution in [0.4, 0.5) is 5.82 Å². The van der Waals surface area contributed by atoms with E-state index in [2.05, 4.69) is 26.9 Å². The summed E-state index contributed by atoms with van der Waals surface area (Å²) in [6.07, 6.45) is 5.25. The number of rotatable bonds is 4. The van der Waals surface area contributed by atoms with E-state index in [1.54, 1.807) is 6.33 Å². The van der Waals surface area contributed by atoms with Crippen LogP contribution >= 0.6 is 0 Å². The third-order valence-corrected chi connectivity index (χ3v) is 5.92. The number of hydrogen-bond donors (Lipinski definition) is 2. The number of nitrogens with zero attached hydrogens (tertiary/aromatic N) is 4. The first-order valence-electron chi connectivity index (χ1n) is 9.06. The van der Waals surface area contributed by atoms with E-state index in [9.17, 15) is 9.90 Å². The molecule has 1 aliphatic heterocycles.